The lowest BCUT2D eigenvalue weighted by Crippen LogP contribution is -2.40. The van der Waals surface area contributed by atoms with Gasteiger partial charge in [-0.3, -0.25) is 4.79 Å². The van der Waals surface area contributed by atoms with Crippen molar-refractivity contribution >= 4 is 43.5 Å². The Morgan fingerprint density at radius 3 is 2.47 bits per heavy atom. The smallest absolute Gasteiger partial charge is 0.318 e. The quantitative estimate of drug-likeness (QED) is 0.864. The predicted octanol–water partition coefficient (Wildman–Crippen LogP) is 2.59. The summed E-state index contributed by atoms with van der Waals surface area (Å²) < 4.78 is 26.3. The Hall–Kier alpha value is -0.630. The van der Waals surface area contributed by atoms with E-state index >= 15 is 0 Å². The van der Waals surface area contributed by atoms with Gasteiger partial charge in [0.2, 0.25) is 10.0 Å². The van der Waals surface area contributed by atoms with Gasteiger partial charge in [-0.05, 0) is 32.0 Å². The average Bonchev–Trinajstić information content (AvgIpc) is 2.24. The van der Waals surface area contributed by atoms with E-state index in [1.807, 2.05) is 0 Å². The summed E-state index contributed by atoms with van der Waals surface area (Å²) in [5, 5.41) is 8.86. The molecule has 0 aliphatic rings. The number of hydrogen-bond acceptors (Lipinski definition) is 3. The topological polar surface area (TPSA) is 74.7 Å². The molecule has 106 valence electrons. The zero-order chi connectivity index (χ0) is 14.8. The first kappa shape index (κ1) is 16.4. The Morgan fingerprint density at radius 1 is 1.47 bits per heavy atom. The lowest BCUT2D eigenvalue weighted by Gasteiger charge is -2.24. The van der Waals surface area contributed by atoms with Crippen LogP contribution in [-0.2, 0) is 14.8 Å². The van der Waals surface area contributed by atoms with E-state index in [2.05, 4.69) is 15.9 Å². The van der Waals surface area contributed by atoms with Gasteiger partial charge >= 0.3 is 5.97 Å². The van der Waals surface area contributed by atoms with E-state index in [9.17, 15) is 13.2 Å². The first-order valence-electron chi connectivity index (χ1n) is 5.35. The van der Waals surface area contributed by atoms with E-state index in [1.54, 1.807) is 13.8 Å². The summed E-state index contributed by atoms with van der Waals surface area (Å²) in [5.74, 6) is -1.22. The van der Waals surface area contributed by atoms with Crippen molar-refractivity contribution in [3.63, 3.8) is 0 Å². The maximum Gasteiger partial charge on any atom is 0.318 e. The second kappa shape index (κ2) is 6.21. The van der Waals surface area contributed by atoms with Crippen LogP contribution in [0.25, 0.3) is 0 Å². The number of hydrogen-bond donors (Lipinski definition) is 1. The Balaban J connectivity index is 3.30. The van der Waals surface area contributed by atoms with Gasteiger partial charge in [0.05, 0.1) is 5.02 Å². The molecule has 1 N–H and O–H groups in total. The summed E-state index contributed by atoms with van der Waals surface area (Å²) >= 11 is 9.10. The zero-order valence-corrected chi connectivity index (χ0v) is 13.5. The molecule has 8 heteroatoms. The number of nitrogens with zero attached hydrogens (tertiary/aromatic N) is 1. The molecule has 0 unspecified atom stereocenters. The molecule has 0 spiro atoms. The molecule has 0 bridgehead atoms. The molecule has 1 rings (SSSR count). The molecule has 0 aromatic heterocycles. The van der Waals surface area contributed by atoms with E-state index < -0.39 is 28.6 Å². The molecule has 0 amide bonds. The highest BCUT2D eigenvalue weighted by molar-refractivity contribution is 9.10. The van der Waals surface area contributed by atoms with Gasteiger partial charge < -0.3 is 5.11 Å². The fraction of sp³-hybridized carbons (Fsp3) is 0.364. The average molecular weight is 371 g/mol. The normalized spacial score (nSPS) is 12.1. The number of rotatable bonds is 5. The van der Waals surface area contributed by atoms with Gasteiger partial charge in [0.25, 0.3) is 0 Å². The lowest BCUT2D eigenvalue weighted by molar-refractivity contribution is -0.137. The molecular weight excluding hydrogens is 358 g/mol. The lowest BCUT2D eigenvalue weighted by atomic mass is 10.4. The third-order valence-electron chi connectivity index (χ3n) is 2.35. The summed E-state index contributed by atoms with van der Waals surface area (Å²) in [4.78, 5) is 10.7. The van der Waals surface area contributed by atoms with Gasteiger partial charge in [0.1, 0.15) is 11.4 Å². The van der Waals surface area contributed by atoms with E-state index in [-0.39, 0.29) is 9.92 Å². The van der Waals surface area contributed by atoms with Crippen molar-refractivity contribution in [3.8, 4) is 0 Å². The molecule has 1 aromatic carbocycles. The van der Waals surface area contributed by atoms with Crippen LogP contribution in [0.5, 0.6) is 0 Å². The highest BCUT2D eigenvalue weighted by atomic mass is 79.9. The minimum atomic E-state index is -3.94. The van der Waals surface area contributed by atoms with Crippen molar-refractivity contribution < 1.29 is 18.3 Å². The van der Waals surface area contributed by atoms with Gasteiger partial charge in [0, 0.05) is 10.5 Å². The maximum absolute atomic E-state index is 12.4. The van der Waals surface area contributed by atoms with Gasteiger partial charge in [-0.25, -0.2) is 8.42 Å². The van der Waals surface area contributed by atoms with Crippen molar-refractivity contribution in [1.29, 1.82) is 0 Å². The molecule has 19 heavy (non-hydrogen) atoms. The van der Waals surface area contributed by atoms with Crippen molar-refractivity contribution in [2.24, 2.45) is 0 Å². The Labute approximate surface area is 125 Å². The summed E-state index contributed by atoms with van der Waals surface area (Å²) in [6, 6.07) is 3.85. The van der Waals surface area contributed by atoms with Crippen molar-refractivity contribution in [2.45, 2.75) is 24.8 Å². The molecule has 5 nitrogen and oxygen atoms in total. The molecule has 0 saturated carbocycles. The molecule has 0 heterocycles. The predicted molar refractivity (Wildman–Crippen MR) is 75.8 cm³/mol. The molecule has 1 aromatic rings. The van der Waals surface area contributed by atoms with Gasteiger partial charge in [-0.2, -0.15) is 4.31 Å². The van der Waals surface area contributed by atoms with Crippen LogP contribution in [0.3, 0.4) is 0 Å². The Morgan fingerprint density at radius 2 is 2.05 bits per heavy atom. The van der Waals surface area contributed by atoms with Crippen molar-refractivity contribution in [2.75, 3.05) is 6.54 Å². The van der Waals surface area contributed by atoms with Crippen LogP contribution < -0.4 is 0 Å². The van der Waals surface area contributed by atoms with E-state index in [1.165, 1.54) is 18.2 Å². The van der Waals surface area contributed by atoms with Crippen LogP contribution >= 0.6 is 27.5 Å². The molecule has 0 aliphatic carbocycles. The number of sulfonamides is 1. The Bertz CT molecular complexity index is 588. The highest BCUT2D eigenvalue weighted by Gasteiger charge is 2.30. The largest absolute Gasteiger partial charge is 0.480 e. The van der Waals surface area contributed by atoms with Crippen molar-refractivity contribution in [1.82, 2.24) is 4.31 Å². The van der Waals surface area contributed by atoms with Gasteiger partial charge in [-0.1, -0.05) is 27.5 Å². The second-order valence-corrected chi connectivity index (χ2v) is 7.29. The summed E-state index contributed by atoms with van der Waals surface area (Å²) in [6.07, 6.45) is 0. The number of carboxylic acid groups (broad SMARTS) is 1. The van der Waals surface area contributed by atoms with Crippen LogP contribution in [0, 0.1) is 0 Å². The number of benzene rings is 1. The first-order valence-corrected chi connectivity index (χ1v) is 7.96. The van der Waals surface area contributed by atoms with Crippen molar-refractivity contribution in [3.05, 3.63) is 27.7 Å². The molecule has 0 fully saturated rings. The van der Waals surface area contributed by atoms with E-state index in [0.29, 0.717) is 4.47 Å². The molecule has 0 saturated heterocycles. The SMILES string of the molecule is CC(C)N(CC(=O)O)S(=O)(=O)c1ccc(Br)cc1Cl. The standard InChI is InChI=1S/C11H13BrClNO4S/c1-7(2)14(6-11(15)16)19(17,18)10-4-3-8(12)5-9(10)13/h3-5,7H,6H2,1-2H3,(H,15,16). The second-order valence-electron chi connectivity index (χ2n) is 4.11. The molecular formula is C11H13BrClNO4S. The molecule has 0 radical (unpaired) electrons. The maximum atomic E-state index is 12.4. The summed E-state index contributed by atoms with van der Waals surface area (Å²) in [7, 11) is -3.94. The van der Waals surface area contributed by atoms with E-state index in [0.717, 1.165) is 4.31 Å². The molecule has 0 atom stereocenters. The third-order valence-corrected chi connectivity index (χ3v) is 5.35. The first-order chi connectivity index (χ1) is 8.66. The fourth-order valence-electron chi connectivity index (χ4n) is 1.49. The molecule has 0 aliphatic heterocycles. The van der Waals surface area contributed by atoms with Crippen LogP contribution in [0.1, 0.15) is 13.8 Å². The number of carboxylic acids is 1. The van der Waals surface area contributed by atoms with Crippen LogP contribution in [0.4, 0.5) is 0 Å². The monoisotopic (exact) mass is 369 g/mol. The Kier molecular flexibility index (Phi) is 5.37. The number of halogens is 2. The van der Waals surface area contributed by atoms with Crippen LogP contribution in [-0.4, -0.2) is 36.4 Å². The fourth-order valence-corrected chi connectivity index (χ4v) is 4.09. The summed E-state index contributed by atoms with van der Waals surface area (Å²) in [6.45, 7) is 2.60. The minimum absolute atomic E-state index is 0.0467. The van der Waals surface area contributed by atoms with Gasteiger partial charge in [-0.15, -0.1) is 0 Å². The van der Waals surface area contributed by atoms with Crippen LogP contribution in [0.2, 0.25) is 5.02 Å². The minimum Gasteiger partial charge on any atom is -0.480 e. The highest BCUT2D eigenvalue weighted by Crippen LogP contribution is 2.28. The van der Waals surface area contributed by atoms with Gasteiger partial charge in [0.15, 0.2) is 0 Å². The number of carbonyl (C=O) groups is 1. The van der Waals surface area contributed by atoms with Crippen LogP contribution in [0.15, 0.2) is 27.6 Å². The summed E-state index contributed by atoms with van der Waals surface area (Å²) in [5.41, 5.74) is 0. The number of aliphatic carboxylic acids is 1. The van der Waals surface area contributed by atoms with E-state index in [4.69, 9.17) is 16.7 Å². The zero-order valence-electron chi connectivity index (χ0n) is 10.3. The third kappa shape index (κ3) is 3.92.